The number of hydrogen-bond donors (Lipinski definition) is 1. The molecule has 1 atom stereocenters. The first kappa shape index (κ1) is 9.49. The maximum absolute atomic E-state index is 6.08. The van der Waals surface area contributed by atoms with Crippen LogP contribution in [0.2, 0.25) is 0 Å². The Balaban J connectivity index is 2.10. The second kappa shape index (κ2) is 3.98. The molecule has 0 saturated heterocycles. The van der Waals surface area contributed by atoms with Crippen molar-refractivity contribution in [1.29, 1.82) is 0 Å². The zero-order valence-electron chi connectivity index (χ0n) is 8.07. The van der Waals surface area contributed by atoms with Crippen molar-refractivity contribution in [3.05, 3.63) is 46.0 Å². The molecule has 2 aromatic heterocycles. The van der Waals surface area contributed by atoms with E-state index in [1.165, 1.54) is 5.56 Å². The minimum Gasteiger partial charge on any atom is -0.472 e. The first-order valence-corrected chi connectivity index (χ1v) is 5.51. The van der Waals surface area contributed by atoms with Crippen LogP contribution in [0.1, 0.15) is 22.7 Å². The molecule has 3 heteroatoms. The van der Waals surface area contributed by atoms with E-state index >= 15 is 0 Å². The van der Waals surface area contributed by atoms with Gasteiger partial charge in [-0.25, -0.2) is 0 Å². The number of nitrogens with two attached hydrogens (primary N) is 1. The second-order valence-electron chi connectivity index (χ2n) is 3.45. The normalized spacial score (nSPS) is 13.0. The predicted molar refractivity (Wildman–Crippen MR) is 58.4 cm³/mol. The summed E-state index contributed by atoms with van der Waals surface area (Å²) in [7, 11) is 0. The zero-order valence-corrected chi connectivity index (χ0v) is 8.88. The van der Waals surface area contributed by atoms with Crippen LogP contribution in [0.4, 0.5) is 0 Å². The van der Waals surface area contributed by atoms with Gasteiger partial charge in [-0.15, -0.1) is 0 Å². The van der Waals surface area contributed by atoms with Gasteiger partial charge in [0.2, 0.25) is 0 Å². The van der Waals surface area contributed by atoms with Gasteiger partial charge in [-0.05, 0) is 41.3 Å². The van der Waals surface area contributed by atoms with Crippen LogP contribution in [0.15, 0.2) is 33.8 Å². The maximum atomic E-state index is 6.08. The van der Waals surface area contributed by atoms with Crippen LogP contribution < -0.4 is 5.73 Å². The van der Waals surface area contributed by atoms with Gasteiger partial charge in [-0.2, -0.15) is 11.3 Å². The van der Waals surface area contributed by atoms with E-state index < -0.39 is 0 Å². The number of furan rings is 1. The molecule has 0 aromatic carbocycles. The fraction of sp³-hybridized carbons (Fsp3) is 0.273. The van der Waals surface area contributed by atoms with Gasteiger partial charge < -0.3 is 10.2 Å². The summed E-state index contributed by atoms with van der Waals surface area (Å²) in [4.78, 5) is 0. The molecule has 1 unspecified atom stereocenters. The molecular formula is C11H13NOS. The molecule has 0 aliphatic carbocycles. The lowest BCUT2D eigenvalue weighted by Crippen LogP contribution is -2.13. The molecule has 14 heavy (non-hydrogen) atoms. The summed E-state index contributed by atoms with van der Waals surface area (Å²) >= 11 is 1.70. The fourth-order valence-corrected chi connectivity index (χ4v) is 2.20. The molecule has 0 spiro atoms. The van der Waals surface area contributed by atoms with Crippen molar-refractivity contribution in [2.24, 2.45) is 5.73 Å². The topological polar surface area (TPSA) is 39.2 Å². The van der Waals surface area contributed by atoms with E-state index in [9.17, 15) is 0 Å². The Morgan fingerprint density at radius 1 is 1.50 bits per heavy atom. The third-order valence-corrected chi connectivity index (χ3v) is 3.06. The Morgan fingerprint density at radius 2 is 2.36 bits per heavy atom. The standard InChI is InChI=1S/C11H13NOS/c1-8-5-13-6-10(8)11(12)4-9-2-3-14-7-9/h2-3,5-7,11H,4,12H2,1H3. The summed E-state index contributed by atoms with van der Waals surface area (Å²) in [5.41, 5.74) is 9.61. The van der Waals surface area contributed by atoms with Crippen molar-refractivity contribution in [1.82, 2.24) is 0 Å². The SMILES string of the molecule is Cc1cocc1C(N)Cc1ccsc1. The molecule has 0 aliphatic rings. The summed E-state index contributed by atoms with van der Waals surface area (Å²) in [6, 6.07) is 2.16. The second-order valence-corrected chi connectivity index (χ2v) is 4.23. The van der Waals surface area contributed by atoms with Gasteiger partial charge in [0.15, 0.2) is 0 Å². The molecule has 0 aliphatic heterocycles. The molecule has 0 amide bonds. The highest BCUT2D eigenvalue weighted by atomic mass is 32.1. The van der Waals surface area contributed by atoms with Crippen LogP contribution >= 0.6 is 11.3 Å². The maximum Gasteiger partial charge on any atom is 0.0953 e. The molecular weight excluding hydrogens is 194 g/mol. The van der Waals surface area contributed by atoms with Crippen molar-refractivity contribution in [3.63, 3.8) is 0 Å². The number of aryl methyl sites for hydroxylation is 1. The monoisotopic (exact) mass is 207 g/mol. The van der Waals surface area contributed by atoms with Gasteiger partial charge in [0, 0.05) is 11.6 Å². The third kappa shape index (κ3) is 1.89. The summed E-state index contributed by atoms with van der Waals surface area (Å²) in [5.74, 6) is 0. The average Bonchev–Trinajstić information content (AvgIpc) is 2.75. The van der Waals surface area contributed by atoms with E-state index in [1.807, 2.05) is 6.92 Å². The molecule has 0 radical (unpaired) electrons. The highest BCUT2D eigenvalue weighted by Gasteiger charge is 2.11. The molecule has 0 bridgehead atoms. The molecule has 2 N–H and O–H groups in total. The third-order valence-electron chi connectivity index (χ3n) is 2.33. The van der Waals surface area contributed by atoms with Crippen LogP contribution in [0.25, 0.3) is 0 Å². The number of rotatable bonds is 3. The summed E-state index contributed by atoms with van der Waals surface area (Å²) in [5, 5.41) is 4.21. The smallest absolute Gasteiger partial charge is 0.0953 e. The molecule has 2 rings (SSSR count). The first-order valence-electron chi connectivity index (χ1n) is 4.56. The van der Waals surface area contributed by atoms with Crippen LogP contribution in [-0.2, 0) is 6.42 Å². The van der Waals surface area contributed by atoms with Crippen molar-refractivity contribution in [2.75, 3.05) is 0 Å². The van der Waals surface area contributed by atoms with E-state index in [4.69, 9.17) is 10.2 Å². The summed E-state index contributed by atoms with van der Waals surface area (Å²) in [6.07, 6.45) is 4.36. The molecule has 74 valence electrons. The van der Waals surface area contributed by atoms with Gasteiger partial charge >= 0.3 is 0 Å². The minimum atomic E-state index is 0.0448. The van der Waals surface area contributed by atoms with Crippen LogP contribution in [0.5, 0.6) is 0 Å². The van der Waals surface area contributed by atoms with Gasteiger partial charge in [-0.3, -0.25) is 0 Å². The van der Waals surface area contributed by atoms with E-state index in [0.717, 1.165) is 17.5 Å². The lowest BCUT2D eigenvalue weighted by atomic mass is 10.0. The predicted octanol–water partition coefficient (Wildman–Crippen LogP) is 2.89. The molecule has 2 heterocycles. The highest BCUT2D eigenvalue weighted by Crippen LogP contribution is 2.21. The van der Waals surface area contributed by atoms with Crippen LogP contribution in [0, 0.1) is 6.92 Å². The van der Waals surface area contributed by atoms with E-state index in [-0.39, 0.29) is 6.04 Å². The van der Waals surface area contributed by atoms with Crippen molar-refractivity contribution >= 4 is 11.3 Å². The molecule has 0 fully saturated rings. The Kier molecular flexibility index (Phi) is 2.70. The average molecular weight is 207 g/mol. The fourth-order valence-electron chi connectivity index (χ4n) is 1.52. The molecule has 2 aromatic rings. The van der Waals surface area contributed by atoms with Gasteiger partial charge in [-0.1, -0.05) is 0 Å². The number of hydrogen-bond acceptors (Lipinski definition) is 3. The van der Waals surface area contributed by atoms with Gasteiger partial charge in [0.05, 0.1) is 12.5 Å². The summed E-state index contributed by atoms with van der Waals surface area (Å²) < 4.78 is 5.11. The first-order chi connectivity index (χ1) is 6.77. The van der Waals surface area contributed by atoms with Gasteiger partial charge in [0.1, 0.15) is 0 Å². The highest BCUT2D eigenvalue weighted by molar-refractivity contribution is 7.07. The lowest BCUT2D eigenvalue weighted by Gasteiger charge is -2.08. The molecule has 2 nitrogen and oxygen atoms in total. The quantitative estimate of drug-likeness (QED) is 0.840. The van der Waals surface area contributed by atoms with Crippen molar-refractivity contribution in [3.8, 4) is 0 Å². The Labute approximate surface area is 87.4 Å². The molecule has 0 saturated carbocycles. The Bertz CT molecular complexity index is 391. The van der Waals surface area contributed by atoms with Gasteiger partial charge in [0.25, 0.3) is 0 Å². The van der Waals surface area contributed by atoms with Crippen LogP contribution in [-0.4, -0.2) is 0 Å². The summed E-state index contributed by atoms with van der Waals surface area (Å²) in [6.45, 7) is 2.02. The van der Waals surface area contributed by atoms with E-state index in [0.29, 0.717) is 0 Å². The Morgan fingerprint density at radius 3 is 2.93 bits per heavy atom. The van der Waals surface area contributed by atoms with Crippen molar-refractivity contribution in [2.45, 2.75) is 19.4 Å². The Hall–Kier alpha value is -1.06. The van der Waals surface area contributed by atoms with Crippen LogP contribution in [0.3, 0.4) is 0 Å². The largest absolute Gasteiger partial charge is 0.472 e. The van der Waals surface area contributed by atoms with E-state index in [2.05, 4.69) is 16.8 Å². The zero-order chi connectivity index (χ0) is 9.97. The van der Waals surface area contributed by atoms with Crippen molar-refractivity contribution < 1.29 is 4.42 Å². The number of thiophene rings is 1. The minimum absolute atomic E-state index is 0.0448. The van der Waals surface area contributed by atoms with E-state index in [1.54, 1.807) is 23.9 Å². The lowest BCUT2D eigenvalue weighted by molar-refractivity contribution is 0.557.